The predicted octanol–water partition coefficient (Wildman–Crippen LogP) is 4.53. The predicted molar refractivity (Wildman–Crippen MR) is 115 cm³/mol. The highest BCUT2D eigenvalue weighted by molar-refractivity contribution is 5.93. The first-order valence-corrected chi connectivity index (χ1v) is 10.6. The van der Waals surface area contributed by atoms with Crippen molar-refractivity contribution in [3.8, 4) is 11.6 Å². The summed E-state index contributed by atoms with van der Waals surface area (Å²) in [5.74, 6) is -9.05. The Labute approximate surface area is 197 Å². The number of nitrogens with one attached hydrogen (secondary N) is 1. The van der Waals surface area contributed by atoms with Gasteiger partial charge in [0.1, 0.15) is 0 Å². The highest BCUT2D eigenvalue weighted by atomic mass is 19.3. The molecule has 1 aliphatic heterocycles. The lowest BCUT2D eigenvalue weighted by Gasteiger charge is -2.40. The number of likely N-dealkylation sites (tertiary alicyclic amines) is 1. The molecule has 12 heteroatoms. The third kappa shape index (κ3) is 5.53. The largest absolute Gasteiger partial charge is 0.434 e. The van der Waals surface area contributed by atoms with Crippen LogP contribution in [0, 0.1) is 17.5 Å². The maximum absolute atomic E-state index is 14.6. The van der Waals surface area contributed by atoms with Crippen LogP contribution in [0.3, 0.4) is 0 Å². The molecule has 2 atom stereocenters. The second-order valence-corrected chi connectivity index (χ2v) is 8.04. The first kappa shape index (κ1) is 24.5. The lowest BCUT2D eigenvalue weighted by molar-refractivity contribution is -0.125. The van der Waals surface area contributed by atoms with Gasteiger partial charge in [-0.1, -0.05) is 0 Å². The number of pyridine rings is 1. The number of hydrogen-bond acceptors (Lipinski definition) is 6. The number of piperidine rings is 1. The van der Waals surface area contributed by atoms with Crippen molar-refractivity contribution in [2.45, 2.75) is 31.2 Å². The first-order chi connectivity index (χ1) is 16.6. The highest BCUT2D eigenvalue weighted by Crippen LogP contribution is 2.40. The molecular formula is C23H20F5N5O2. The number of carbonyl (C=O) groups is 1. The molecule has 2 aromatic heterocycles. The quantitative estimate of drug-likeness (QED) is 0.402. The van der Waals surface area contributed by atoms with Crippen molar-refractivity contribution in [3.05, 3.63) is 72.1 Å². The van der Waals surface area contributed by atoms with Crippen LogP contribution >= 0.6 is 0 Å². The minimum Gasteiger partial charge on any atom is -0.434 e. The average molecular weight is 493 g/mol. The zero-order valence-corrected chi connectivity index (χ0v) is 18.4. The van der Waals surface area contributed by atoms with E-state index in [1.54, 1.807) is 11.8 Å². The molecule has 3 aromatic rings. The van der Waals surface area contributed by atoms with Gasteiger partial charge >= 0.3 is 0 Å². The number of rotatable bonds is 6. The molecule has 1 fully saturated rings. The molecule has 0 aliphatic carbocycles. The van der Waals surface area contributed by atoms with E-state index < -0.39 is 53.4 Å². The van der Waals surface area contributed by atoms with Gasteiger partial charge in [0.15, 0.2) is 29.0 Å². The summed E-state index contributed by atoms with van der Waals surface area (Å²) in [7, 11) is 0. The van der Waals surface area contributed by atoms with Crippen LogP contribution in [0.2, 0.25) is 0 Å². The number of alkyl halides is 2. The molecule has 0 saturated carbocycles. The zero-order valence-electron chi connectivity index (χ0n) is 18.4. The van der Waals surface area contributed by atoms with Gasteiger partial charge in [0, 0.05) is 44.0 Å². The molecule has 1 N–H and O–H groups in total. The molecule has 1 aliphatic rings. The van der Waals surface area contributed by atoms with Gasteiger partial charge in [0.2, 0.25) is 11.8 Å². The summed E-state index contributed by atoms with van der Waals surface area (Å²) in [6.45, 7) is 1.60. The van der Waals surface area contributed by atoms with E-state index in [9.17, 15) is 26.7 Å². The Morgan fingerprint density at radius 3 is 2.51 bits per heavy atom. The number of amides is 1. The molecule has 2 unspecified atom stereocenters. The van der Waals surface area contributed by atoms with E-state index in [-0.39, 0.29) is 24.8 Å². The number of ether oxygens (including phenoxy) is 1. The van der Waals surface area contributed by atoms with Gasteiger partial charge in [-0.05, 0) is 24.6 Å². The minimum absolute atomic E-state index is 0.0240. The Balaban J connectivity index is 1.39. The van der Waals surface area contributed by atoms with Crippen molar-refractivity contribution in [1.29, 1.82) is 0 Å². The minimum atomic E-state index is -2.91. The summed E-state index contributed by atoms with van der Waals surface area (Å²) >= 11 is 0. The smallest absolute Gasteiger partial charge is 0.257 e. The molecule has 4 rings (SSSR count). The summed E-state index contributed by atoms with van der Waals surface area (Å²) in [6, 6.07) is 3.20. The fraction of sp³-hybridized carbons (Fsp3) is 0.304. The van der Waals surface area contributed by atoms with E-state index in [0.717, 1.165) is 12.4 Å². The summed E-state index contributed by atoms with van der Waals surface area (Å²) in [5, 5.41) is 2.54. The molecular weight excluding hydrogens is 473 g/mol. The number of benzene rings is 1. The number of hydrogen-bond donors (Lipinski definition) is 1. The first-order valence-electron chi connectivity index (χ1n) is 10.6. The second-order valence-electron chi connectivity index (χ2n) is 8.04. The highest BCUT2D eigenvalue weighted by Gasteiger charge is 2.46. The van der Waals surface area contributed by atoms with Crippen molar-refractivity contribution in [2.24, 2.45) is 0 Å². The molecule has 1 aromatic carbocycles. The van der Waals surface area contributed by atoms with Crippen LogP contribution in [0.25, 0.3) is 0 Å². The number of halogens is 5. The third-order valence-electron chi connectivity index (χ3n) is 5.76. The molecule has 3 heterocycles. The Morgan fingerprint density at radius 1 is 1.11 bits per heavy atom. The van der Waals surface area contributed by atoms with Crippen molar-refractivity contribution in [3.63, 3.8) is 0 Å². The Hall–Kier alpha value is -3.67. The number of aromatic nitrogens is 3. The van der Waals surface area contributed by atoms with Gasteiger partial charge in [-0.25, -0.2) is 31.9 Å². The fourth-order valence-corrected chi connectivity index (χ4v) is 3.75. The molecule has 0 radical (unpaired) electrons. The fourth-order valence-electron chi connectivity index (χ4n) is 3.75. The molecule has 0 bridgehead atoms. The van der Waals surface area contributed by atoms with E-state index in [1.807, 2.05) is 0 Å². The van der Waals surface area contributed by atoms with Crippen LogP contribution in [0.4, 0.5) is 27.8 Å². The van der Waals surface area contributed by atoms with Crippen LogP contribution in [-0.4, -0.2) is 50.8 Å². The molecule has 184 valence electrons. The Bertz CT molecular complexity index is 1200. The van der Waals surface area contributed by atoms with Gasteiger partial charge in [-0.3, -0.25) is 14.7 Å². The van der Waals surface area contributed by atoms with Crippen molar-refractivity contribution < 1.29 is 31.5 Å². The Kier molecular flexibility index (Phi) is 6.92. The van der Waals surface area contributed by atoms with Crippen LogP contribution < -0.4 is 10.1 Å². The van der Waals surface area contributed by atoms with Gasteiger partial charge in [0.05, 0.1) is 24.4 Å². The van der Waals surface area contributed by atoms with E-state index in [0.29, 0.717) is 17.7 Å². The van der Waals surface area contributed by atoms with Gasteiger partial charge < -0.3 is 10.1 Å². The third-order valence-corrected chi connectivity index (χ3v) is 5.76. The number of anilines is 1. The maximum Gasteiger partial charge on any atom is 0.257 e. The maximum atomic E-state index is 14.6. The number of carbonyl (C=O) groups excluding carboxylic acids is 1. The van der Waals surface area contributed by atoms with Gasteiger partial charge in [0.25, 0.3) is 5.92 Å². The molecule has 0 spiro atoms. The SMILES string of the molecule is CC(C(=O)Nc1cnc(Oc2cc(F)c(F)cc2F)cn1)N1CCC(F)(F)C(c2ccncc2)C1. The van der Waals surface area contributed by atoms with Gasteiger partial charge in [-0.15, -0.1) is 0 Å². The van der Waals surface area contributed by atoms with E-state index in [4.69, 9.17) is 4.74 Å². The molecule has 7 nitrogen and oxygen atoms in total. The molecule has 1 amide bonds. The Morgan fingerprint density at radius 2 is 1.83 bits per heavy atom. The van der Waals surface area contributed by atoms with Crippen LogP contribution in [0.5, 0.6) is 11.6 Å². The summed E-state index contributed by atoms with van der Waals surface area (Å²) in [6.07, 6.45) is 4.69. The zero-order chi connectivity index (χ0) is 25.2. The summed E-state index contributed by atoms with van der Waals surface area (Å²) in [4.78, 5) is 26.1. The summed E-state index contributed by atoms with van der Waals surface area (Å²) in [5.41, 5.74) is 0.446. The summed E-state index contributed by atoms with van der Waals surface area (Å²) < 4.78 is 74.3. The van der Waals surface area contributed by atoms with Crippen LogP contribution in [-0.2, 0) is 4.79 Å². The van der Waals surface area contributed by atoms with Crippen molar-refractivity contribution >= 4 is 11.7 Å². The molecule has 1 saturated heterocycles. The lowest BCUT2D eigenvalue weighted by atomic mass is 9.87. The van der Waals surface area contributed by atoms with Gasteiger partial charge in [-0.2, -0.15) is 0 Å². The normalized spacial score (nSPS) is 18.6. The van der Waals surface area contributed by atoms with Crippen LogP contribution in [0.15, 0.2) is 49.1 Å². The second kappa shape index (κ2) is 9.90. The van der Waals surface area contributed by atoms with Crippen molar-refractivity contribution in [1.82, 2.24) is 19.9 Å². The monoisotopic (exact) mass is 493 g/mol. The van der Waals surface area contributed by atoms with E-state index >= 15 is 0 Å². The number of nitrogens with zero attached hydrogens (tertiary/aromatic N) is 4. The standard InChI is InChI=1S/C23H20F5N5O2/c1-13(33-7-4-23(27,28)15(12-33)14-2-5-29-6-3-14)22(34)32-20-10-31-21(11-30-20)35-19-9-17(25)16(24)8-18(19)26/h2-3,5-6,8-11,13,15H,4,7,12H2,1H3,(H,30,32,34). The lowest BCUT2D eigenvalue weighted by Crippen LogP contribution is -2.52. The van der Waals surface area contributed by atoms with Crippen molar-refractivity contribution in [2.75, 3.05) is 18.4 Å². The van der Waals surface area contributed by atoms with Crippen LogP contribution in [0.1, 0.15) is 24.8 Å². The van der Waals surface area contributed by atoms with E-state index in [1.165, 1.54) is 24.5 Å². The average Bonchev–Trinajstić information content (AvgIpc) is 2.83. The molecule has 35 heavy (non-hydrogen) atoms. The van der Waals surface area contributed by atoms with E-state index in [2.05, 4.69) is 20.3 Å². The topological polar surface area (TPSA) is 80.2 Å².